The Balaban J connectivity index is 1.36. The normalized spacial score (nSPS) is 18.1. The van der Waals surface area contributed by atoms with Gasteiger partial charge in [-0.2, -0.15) is 0 Å². The van der Waals surface area contributed by atoms with Gasteiger partial charge in [0.05, 0.1) is 13.2 Å². The molecule has 2 aromatic carbocycles. The van der Waals surface area contributed by atoms with Crippen LogP contribution < -0.4 is 15.2 Å². The number of piperazine rings is 1. The molecule has 3 heterocycles. The van der Waals surface area contributed by atoms with Crippen LogP contribution in [0.1, 0.15) is 61.1 Å². The van der Waals surface area contributed by atoms with E-state index in [0.717, 1.165) is 67.1 Å². The zero-order chi connectivity index (χ0) is 26.1. The molecule has 2 fully saturated rings. The van der Waals surface area contributed by atoms with E-state index in [2.05, 4.69) is 55.4 Å². The number of anilines is 1. The first kappa shape index (κ1) is 24.6. The Morgan fingerprint density at radius 3 is 2.47 bits per heavy atom. The number of tetrazole rings is 1. The number of ether oxygens (including phenoxy) is 1. The first-order chi connectivity index (χ1) is 18.6. The second-order valence-corrected chi connectivity index (χ2v) is 10.5. The minimum atomic E-state index is -0.321. The smallest absolute Gasteiger partial charge is 0.253 e. The fraction of sp³-hybridized carbons (Fsp3) is 0.448. The third-order valence-electron chi connectivity index (χ3n) is 8.12. The number of rotatable bonds is 6. The Labute approximate surface area is 222 Å². The SMILES string of the molecule is COc1ccc(N2CCN([C@@H](c3cc4cc(C)ccc4[nH]c3=O)c3nnnn3C3CCCCC3)CC2)cc1. The van der Waals surface area contributed by atoms with Crippen LogP contribution in [0.5, 0.6) is 5.75 Å². The summed E-state index contributed by atoms with van der Waals surface area (Å²) in [5, 5.41) is 14.2. The third-order valence-corrected chi connectivity index (χ3v) is 8.12. The van der Waals surface area contributed by atoms with Crippen LogP contribution in [-0.2, 0) is 0 Å². The van der Waals surface area contributed by atoms with Crippen molar-refractivity contribution in [2.75, 3.05) is 38.2 Å². The van der Waals surface area contributed by atoms with Crippen molar-refractivity contribution in [2.24, 2.45) is 0 Å². The van der Waals surface area contributed by atoms with E-state index in [9.17, 15) is 4.79 Å². The van der Waals surface area contributed by atoms with Gasteiger partial charge in [-0.1, -0.05) is 30.9 Å². The average Bonchev–Trinajstić information content (AvgIpc) is 3.44. The van der Waals surface area contributed by atoms with E-state index in [1.54, 1.807) is 7.11 Å². The number of pyridine rings is 1. The lowest BCUT2D eigenvalue weighted by molar-refractivity contribution is 0.192. The fourth-order valence-electron chi connectivity index (χ4n) is 6.04. The van der Waals surface area contributed by atoms with Gasteiger partial charge in [0.25, 0.3) is 5.56 Å². The van der Waals surface area contributed by atoms with E-state index < -0.39 is 0 Å². The van der Waals surface area contributed by atoms with Gasteiger partial charge in [-0.05, 0) is 78.0 Å². The van der Waals surface area contributed by atoms with Crippen molar-refractivity contribution in [2.45, 2.75) is 51.1 Å². The molecule has 0 amide bonds. The van der Waals surface area contributed by atoms with Crippen LogP contribution >= 0.6 is 0 Å². The molecule has 0 radical (unpaired) electrons. The first-order valence-electron chi connectivity index (χ1n) is 13.6. The van der Waals surface area contributed by atoms with Gasteiger partial charge >= 0.3 is 0 Å². The highest BCUT2D eigenvalue weighted by Crippen LogP contribution is 2.34. The van der Waals surface area contributed by atoms with E-state index in [4.69, 9.17) is 4.74 Å². The highest BCUT2D eigenvalue weighted by Gasteiger charge is 2.34. The second-order valence-electron chi connectivity index (χ2n) is 10.5. The Bertz CT molecular complexity index is 1450. The Morgan fingerprint density at radius 1 is 0.974 bits per heavy atom. The second kappa shape index (κ2) is 10.6. The molecule has 38 heavy (non-hydrogen) atoms. The van der Waals surface area contributed by atoms with Crippen LogP contribution in [0.25, 0.3) is 10.9 Å². The largest absolute Gasteiger partial charge is 0.497 e. The maximum absolute atomic E-state index is 13.5. The van der Waals surface area contributed by atoms with Crippen LogP contribution in [-0.4, -0.2) is 63.4 Å². The van der Waals surface area contributed by atoms with E-state index in [1.807, 2.05) is 35.0 Å². The summed E-state index contributed by atoms with van der Waals surface area (Å²) in [6.07, 6.45) is 5.77. The molecule has 2 aliphatic rings. The number of methoxy groups -OCH3 is 1. The number of aromatic amines is 1. The molecule has 1 atom stereocenters. The van der Waals surface area contributed by atoms with Gasteiger partial charge in [-0.25, -0.2) is 4.68 Å². The summed E-state index contributed by atoms with van der Waals surface area (Å²) in [5.41, 5.74) is 3.80. The molecule has 1 aliphatic heterocycles. The molecule has 198 valence electrons. The number of hydrogen-bond donors (Lipinski definition) is 1. The van der Waals surface area contributed by atoms with Crippen LogP contribution in [0.2, 0.25) is 0 Å². The van der Waals surface area contributed by atoms with Crippen LogP contribution in [0, 0.1) is 6.92 Å². The quantitative estimate of drug-likeness (QED) is 0.412. The summed E-state index contributed by atoms with van der Waals surface area (Å²) < 4.78 is 7.34. The molecule has 0 spiro atoms. The number of hydrogen-bond acceptors (Lipinski definition) is 7. The first-order valence-corrected chi connectivity index (χ1v) is 13.6. The Kier molecular flexibility index (Phi) is 6.84. The minimum Gasteiger partial charge on any atom is -0.497 e. The number of aryl methyl sites for hydroxylation is 1. The standard InChI is InChI=1S/C29H35N7O2/c1-20-8-13-26-21(18-20)19-25(29(37)30-26)27(28-31-32-33-36(28)23-6-4-3-5-7-23)35-16-14-34(15-17-35)22-9-11-24(38-2)12-10-22/h8-13,18-19,23,27H,3-7,14-17H2,1-2H3,(H,30,37)/t27-/m0/s1. The maximum Gasteiger partial charge on any atom is 0.253 e. The molecular weight excluding hydrogens is 478 g/mol. The van der Waals surface area contributed by atoms with Gasteiger partial charge in [-0.3, -0.25) is 9.69 Å². The molecule has 1 saturated heterocycles. The number of fused-ring (bicyclic) bond motifs is 1. The lowest BCUT2D eigenvalue weighted by Gasteiger charge is -2.40. The minimum absolute atomic E-state index is 0.0814. The summed E-state index contributed by atoms with van der Waals surface area (Å²) in [6.45, 7) is 5.35. The van der Waals surface area contributed by atoms with Crippen molar-refractivity contribution in [3.05, 3.63) is 75.8 Å². The van der Waals surface area contributed by atoms with Crippen molar-refractivity contribution >= 4 is 16.6 Å². The van der Waals surface area contributed by atoms with Crippen molar-refractivity contribution in [3.63, 3.8) is 0 Å². The molecule has 1 N–H and O–H groups in total. The highest BCUT2D eigenvalue weighted by atomic mass is 16.5. The van der Waals surface area contributed by atoms with Gasteiger partial charge in [-0.15, -0.1) is 5.10 Å². The summed E-state index contributed by atoms with van der Waals surface area (Å²) >= 11 is 0. The number of nitrogens with one attached hydrogen (secondary N) is 1. The van der Waals surface area contributed by atoms with Crippen molar-refractivity contribution < 1.29 is 4.74 Å². The Hall–Kier alpha value is -3.72. The summed E-state index contributed by atoms with van der Waals surface area (Å²) in [7, 11) is 1.69. The molecule has 1 saturated carbocycles. The molecular formula is C29H35N7O2. The number of H-pyrrole nitrogens is 1. The topological polar surface area (TPSA) is 92.2 Å². The molecule has 0 unspecified atom stereocenters. The molecule has 1 aliphatic carbocycles. The zero-order valence-electron chi connectivity index (χ0n) is 22.1. The monoisotopic (exact) mass is 513 g/mol. The number of aromatic nitrogens is 5. The van der Waals surface area contributed by atoms with Crippen LogP contribution in [0.4, 0.5) is 5.69 Å². The van der Waals surface area contributed by atoms with Crippen molar-refractivity contribution in [1.82, 2.24) is 30.1 Å². The van der Waals surface area contributed by atoms with E-state index in [-0.39, 0.29) is 17.6 Å². The molecule has 6 rings (SSSR count). The summed E-state index contributed by atoms with van der Waals surface area (Å²) in [6, 6.07) is 16.3. The molecule has 4 aromatic rings. The molecule has 9 nitrogen and oxygen atoms in total. The third kappa shape index (κ3) is 4.78. The Morgan fingerprint density at radius 2 is 1.74 bits per heavy atom. The zero-order valence-corrected chi connectivity index (χ0v) is 22.1. The highest BCUT2D eigenvalue weighted by molar-refractivity contribution is 5.79. The molecule has 9 heteroatoms. The number of benzene rings is 2. The number of nitrogens with zero attached hydrogens (tertiary/aromatic N) is 6. The van der Waals surface area contributed by atoms with Gasteiger partial charge in [0, 0.05) is 42.9 Å². The maximum atomic E-state index is 13.5. The van der Waals surface area contributed by atoms with Gasteiger partial charge in [0.2, 0.25) is 0 Å². The van der Waals surface area contributed by atoms with Crippen LogP contribution in [0.3, 0.4) is 0 Å². The fourth-order valence-corrected chi connectivity index (χ4v) is 6.04. The summed E-state index contributed by atoms with van der Waals surface area (Å²) in [5.74, 6) is 1.63. The lowest BCUT2D eigenvalue weighted by atomic mass is 9.95. The van der Waals surface area contributed by atoms with Crippen molar-refractivity contribution in [1.29, 1.82) is 0 Å². The summed E-state index contributed by atoms with van der Waals surface area (Å²) in [4.78, 5) is 21.4. The molecule has 0 bridgehead atoms. The predicted octanol–water partition coefficient (Wildman–Crippen LogP) is 4.25. The van der Waals surface area contributed by atoms with Gasteiger partial charge in [0.15, 0.2) is 5.82 Å². The lowest BCUT2D eigenvalue weighted by Crippen LogP contribution is -2.49. The van der Waals surface area contributed by atoms with Crippen LogP contribution in [0.15, 0.2) is 53.3 Å². The van der Waals surface area contributed by atoms with E-state index >= 15 is 0 Å². The van der Waals surface area contributed by atoms with Gasteiger partial charge < -0.3 is 14.6 Å². The van der Waals surface area contributed by atoms with E-state index in [0.29, 0.717) is 5.56 Å². The molecule has 2 aromatic heterocycles. The van der Waals surface area contributed by atoms with E-state index in [1.165, 1.54) is 24.9 Å². The average molecular weight is 514 g/mol. The predicted molar refractivity (Wildman–Crippen MR) is 148 cm³/mol. The van der Waals surface area contributed by atoms with Gasteiger partial charge in [0.1, 0.15) is 11.8 Å². The van der Waals surface area contributed by atoms with Crippen molar-refractivity contribution in [3.8, 4) is 5.75 Å².